The van der Waals surface area contributed by atoms with Crippen molar-refractivity contribution in [1.29, 1.82) is 0 Å². The number of amides is 1. The lowest BCUT2D eigenvalue weighted by atomic mass is 10.1. The van der Waals surface area contributed by atoms with Crippen LogP contribution in [0.15, 0.2) is 12.1 Å². The van der Waals surface area contributed by atoms with Crippen molar-refractivity contribution in [3.8, 4) is 0 Å². The number of nitrogens with one attached hydrogen (secondary N) is 2. The fourth-order valence-corrected chi connectivity index (χ4v) is 2.16. The van der Waals surface area contributed by atoms with Gasteiger partial charge in [0, 0.05) is 18.7 Å². The zero-order valence-corrected chi connectivity index (χ0v) is 14.0. The molecule has 1 aromatic carbocycles. The predicted octanol–water partition coefficient (Wildman–Crippen LogP) is 3.15. The normalized spacial score (nSPS) is 13.1. The van der Waals surface area contributed by atoms with Crippen molar-refractivity contribution in [1.82, 2.24) is 15.3 Å². The number of benzene rings is 1. The Bertz CT molecular complexity index is 686. The maximum absolute atomic E-state index is 13.2. The number of carbonyl (C=O) groups is 1. The Hall–Kier alpha value is -2.22. The second-order valence-electron chi connectivity index (χ2n) is 6.58. The van der Waals surface area contributed by atoms with E-state index in [1.165, 1.54) is 0 Å². The molecule has 2 aromatic rings. The van der Waals surface area contributed by atoms with Crippen molar-refractivity contribution in [2.75, 3.05) is 6.54 Å². The molecule has 0 saturated carbocycles. The van der Waals surface area contributed by atoms with E-state index in [1.54, 1.807) is 20.8 Å². The number of hydrogen-bond donors (Lipinski definition) is 3. The van der Waals surface area contributed by atoms with Crippen molar-refractivity contribution in [3.63, 3.8) is 0 Å². The van der Waals surface area contributed by atoms with Gasteiger partial charge in [-0.05, 0) is 33.6 Å². The molecule has 0 aliphatic heterocycles. The summed E-state index contributed by atoms with van der Waals surface area (Å²) in [5.74, 6) is -1.43. The zero-order valence-electron chi connectivity index (χ0n) is 14.0. The molecule has 0 unspecified atom stereocenters. The summed E-state index contributed by atoms with van der Waals surface area (Å²) in [7, 11) is 0. The summed E-state index contributed by atoms with van der Waals surface area (Å²) >= 11 is 0. The molecule has 0 radical (unpaired) electrons. The number of H-pyrrole nitrogens is 1. The maximum atomic E-state index is 13.2. The number of alkyl carbamates (subject to hydrolysis) is 1. The second-order valence-corrected chi connectivity index (χ2v) is 6.58. The fourth-order valence-electron chi connectivity index (χ4n) is 2.16. The number of hydrogen-bond acceptors (Lipinski definition) is 4. The van der Waals surface area contributed by atoms with Gasteiger partial charge in [-0.15, -0.1) is 0 Å². The fraction of sp³-hybridized carbons (Fsp3) is 0.500. The topological polar surface area (TPSA) is 93.0 Å². The van der Waals surface area contributed by atoms with Crippen molar-refractivity contribution in [2.45, 2.75) is 45.3 Å². The second kappa shape index (κ2) is 7.12. The number of nitrogens with zero attached hydrogens (tertiary/aromatic N) is 1. The molecule has 8 heteroatoms. The minimum absolute atomic E-state index is 0.325. The predicted molar refractivity (Wildman–Crippen MR) is 86.4 cm³/mol. The summed E-state index contributed by atoms with van der Waals surface area (Å²) in [5.41, 5.74) is 6.21. The molecular weight excluding hydrogens is 318 g/mol. The highest BCUT2D eigenvalue weighted by Crippen LogP contribution is 2.20. The average molecular weight is 340 g/mol. The molecule has 4 N–H and O–H groups in total. The largest absolute Gasteiger partial charge is 0.444 e. The quantitative estimate of drug-likeness (QED) is 0.729. The van der Waals surface area contributed by atoms with E-state index >= 15 is 0 Å². The van der Waals surface area contributed by atoms with Gasteiger partial charge in [-0.1, -0.05) is 0 Å². The number of imidazole rings is 1. The number of fused-ring (bicyclic) bond motifs is 1. The molecule has 1 aromatic heterocycles. The van der Waals surface area contributed by atoms with Crippen LogP contribution in [-0.4, -0.2) is 28.2 Å². The van der Waals surface area contributed by atoms with Crippen LogP contribution in [-0.2, 0) is 4.74 Å². The molecule has 0 saturated heterocycles. The third kappa shape index (κ3) is 4.89. The van der Waals surface area contributed by atoms with Crippen LogP contribution >= 0.6 is 0 Å². The molecule has 0 fully saturated rings. The first-order chi connectivity index (χ1) is 11.2. The van der Waals surface area contributed by atoms with Gasteiger partial charge in [-0.25, -0.2) is 18.6 Å². The van der Waals surface area contributed by atoms with Crippen molar-refractivity contribution >= 4 is 17.1 Å². The summed E-state index contributed by atoms with van der Waals surface area (Å²) in [5, 5.41) is 2.64. The van der Waals surface area contributed by atoms with Crippen LogP contribution in [0.3, 0.4) is 0 Å². The van der Waals surface area contributed by atoms with E-state index < -0.39 is 29.4 Å². The Kier molecular flexibility index (Phi) is 5.38. The molecule has 1 amide bonds. The molecule has 0 aliphatic carbocycles. The standard InChI is InChI=1S/C16H22F2N4O2/c1-16(2,3)24-15(23)20-6-4-5-11(19)14-21-12-7-9(17)10(18)8-13(12)22-14/h7-8,11H,4-6,19H2,1-3H3,(H,20,23)(H,21,22)/t11-/m0/s1. The minimum Gasteiger partial charge on any atom is -0.444 e. The molecule has 1 atom stereocenters. The Morgan fingerprint density at radius 3 is 2.71 bits per heavy atom. The molecule has 0 aliphatic rings. The molecule has 24 heavy (non-hydrogen) atoms. The van der Waals surface area contributed by atoms with Gasteiger partial charge in [0.1, 0.15) is 11.4 Å². The number of rotatable bonds is 5. The van der Waals surface area contributed by atoms with Gasteiger partial charge in [-0.2, -0.15) is 0 Å². The lowest BCUT2D eigenvalue weighted by Crippen LogP contribution is -2.33. The smallest absolute Gasteiger partial charge is 0.407 e. The summed E-state index contributed by atoms with van der Waals surface area (Å²) in [6.07, 6.45) is 0.673. The molecule has 6 nitrogen and oxygen atoms in total. The van der Waals surface area contributed by atoms with Gasteiger partial charge < -0.3 is 20.8 Å². The number of carbonyl (C=O) groups excluding carboxylic acids is 1. The number of nitrogens with two attached hydrogens (primary N) is 1. The minimum atomic E-state index is -0.948. The van der Waals surface area contributed by atoms with Crippen LogP contribution in [0, 0.1) is 11.6 Å². The average Bonchev–Trinajstić information content (AvgIpc) is 2.85. The van der Waals surface area contributed by atoms with E-state index in [1.807, 2.05) is 0 Å². The lowest BCUT2D eigenvalue weighted by Gasteiger charge is -2.19. The van der Waals surface area contributed by atoms with Gasteiger partial charge in [0.25, 0.3) is 0 Å². The molecular formula is C16H22F2N4O2. The zero-order chi connectivity index (χ0) is 17.9. The van der Waals surface area contributed by atoms with Crippen LogP contribution in [0.2, 0.25) is 0 Å². The van der Waals surface area contributed by atoms with Crippen molar-refractivity contribution in [2.24, 2.45) is 5.73 Å². The van der Waals surface area contributed by atoms with E-state index in [9.17, 15) is 13.6 Å². The molecule has 132 valence electrons. The van der Waals surface area contributed by atoms with Crippen molar-refractivity contribution < 1.29 is 18.3 Å². The van der Waals surface area contributed by atoms with Crippen molar-refractivity contribution in [3.05, 3.63) is 29.6 Å². The molecule has 1 heterocycles. The summed E-state index contributed by atoms with van der Waals surface area (Å²) in [6, 6.07) is 1.66. The summed E-state index contributed by atoms with van der Waals surface area (Å²) in [4.78, 5) is 18.6. The van der Waals surface area contributed by atoms with E-state index in [4.69, 9.17) is 10.5 Å². The Morgan fingerprint density at radius 2 is 2.04 bits per heavy atom. The Labute approximate surface area is 138 Å². The lowest BCUT2D eigenvalue weighted by molar-refractivity contribution is 0.0526. The van der Waals surface area contributed by atoms with Crippen LogP contribution in [0.25, 0.3) is 11.0 Å². The Balaban J connectivity index is 1.85. The van der Waals surface area contributed by atoms with E-state index in [0.29, 0.717) is 36.2 Å². The van der Waals surface area contributed by atoms with E-state index in [2.05, 4.69) is 15.3 Å². The number of aromatic nitrogens is 2. The first-order valence-electron chi connectivity index (χ1n) is 7.73. The molecule has 2 rings (SSSR count). The number of ether oxygens (including phenoxy) is 1. The first-order valence-corrected chi connectivity index (χ1v) is 7.73. The van der Waals surface area contributed by atoms with Gasteiger partial charge in [-0.3, -0.25) is 0 Å². The number of halogens is 2. The van der Waals surface area contributed by atoms with Gasteiger partial charge >= 0.3 is 6.09 Å². The van der Waals surface area contributed by atoms with Gasteiger partial charge in [0.05, 0.1) is 17.1 Å². The van der Waals surface area contributed by atoms with Crippen LogP contribution in [0.5, 0.6) is 0 Å². The first kappa shape index (κ1) is 18.1. The monoisotopic (exact) mass is 340 g/mol. The Morgan fingerprint density at radius 1 is 1.38 bits per heavy atom. The maximum Gasteiger partial charge on any atom is 0.407 e. The molecule has 0 bridgehead atoms. The highest BCUT2D eigenvalue weighted by molar-refractivity contribution is 5.75. The van der Waals surface area contributed by atoms with Gasteiger partial charge in [0.2, 0.25) is 0 Å². The van der Waals surface area contributed by atoms with Crippen LogP contribution in [0.1, 0.15) is 45.5 Å². The van der Waals surface area contributed by atoms with E-state index in [0.717, 1.165) is 12.1 Å². The summed E-state index contributed by atoms with van der Waals surface area (Å²) in [6.45, 7) is 5.77. The molecule has 0 spiro atoms. The third-order valence-electron chi connectivity index (χ3n) is 3.25. The highest BCUT2D eigenvalue weighted by Gasteiger charge is 2.16. The van der Waals surface area contributed by atoms with E-state index in [-0.39, 0.29) is 0 Å². The number of aromatic amines is 1. The summed E-state index contributed by atoms with van der Waals surface area (Å²) < 4.78 is 31.5. The SMILES string of the molecule is CC(C)(C)OC(=O)NCCC[C@H](N)c1nc2cc(F)c(F)cc2[nH]1. The van der Waals surface area contributed by atoms with Gasteiger partial charge in [0.15, 0.2) is 11.6 Å². The van der Waals surface area contributed by atoms with Crippen LogP contribution < -0.4 is 11.1 Å². The van der Waals surface area contributed by atoms with Crippen LogP contribution in [0.4, 0.5) is 13.6 Å². The third-order valence-corrected chi connectivity index (χ3v) is 3.25. The highest BCUT2D eigenvalue weighted by atomic mass is 19.2.